The van der Waals surface area contributed by atoms with E-state index in [0.29, 0.717) is 63.1 Å². The highest BCUT2D eigenvalue weighted by Crippen LogP contribution is 2.73. The molecule has 50 heavy (non-hydrogen) atoms. The number of allylic oxidation sites excluding steroid dienone is 2. The third-order valence-corrected chi connectivity index (χ3v) is 15.2. The Morgan fingerprint density at radius 2 is 1.82 bits per heavy atom. The monoisotopic (exact) mass is 689 g/mol. The van der Waals surface area contributed by atoms with Crippen molar-refractivity contribution in [1.29, 1.82) is 0 Å². The lowest BCUT2D eigenvalue weighted by molar-refractivity contribution is -0.182. The molecule has 2 aliphatic heterocycles. The molecule has 1 aromatic carbocycles. The fraction of sp³-hybridized carbons (Fsp3) is 0.707. The van der Waals surface area contributed by atoms with E-state index in [1.165, 1.54) is 0 Å². The maximum Gasteiger partial charge on any atom is 0.227 e. The molecule has 8 rings (SSSR count). The highest BCUT2D eigenvalue weighted by atomic mass is 16.6. The van der Waals surface area contributed by atoms with Gasteiger partial charge in [-0.1, -0.05) is 39.8 Å². The molecule has 1 aromatic rings. The van der Waals surface area contributed by atoms with Crippen molar-refractivity contribution in [3.05, 3.63) is 47.6 Å². The molecule has 2 saturated heterocycles. The molecule has 13 atom stereocenters. The van der Waals surface area contributed by atoms with Gasteiger partial charge >= 0.3 is 0 Å². The van der Waals surface area contributed by atoms with Crippen LogP contribution in [0.2, 0.25) is 0 Å². The first-order valence-corrected chi connectivity index (χ1v) is 19.2. The molecule has 2 heterocycles. The van der Waals surface area contributed by atoms with Crippen LogP contribution < -0.4 is 4.90 Å². The van der Waals surface area contributed by atoms with Crippen LogP contribution in [0, 0.1) is 46.3 Å². The summed E-state index contributed by atoms with van der Waals surface area (Å²) in [6.07, 6.45) is 8.44. The number of aryl methyl sites for hydroxylation is 1. The van der Waals surface area contributed by atoms with Crippen molar-refractivity contribution in [2.75, 3.05) is 11.4 Å². The number of benzene rings is 1. The van der Waals surface area contributed by atoms with Crippen molar-refractivity contribution < 1.29 is 39.9 Å². The standard InChI is InChI=1S/C41H55NO8/c1-22(2)23(3)36-37(50-36)40(48)11-5-7-25-17-28-29(19-31(44)30-20-32(45)33(46)21-38(28,30)4)41(49)13-10-34(40)39(25,41)12-9-24-15-26(18-27(43)16-24)42-14-6-8-35(42)47/h5,7,15-16,18-19,22-23,25,28,30,32-34,36-37,43,45-46,48-49H,6,8-14,17,20-21H2,1-4H3. The fourth-order valence-corrected chi connectivity index (χ4v) is 12.2. The second-order valence-corrected chi connectivity index (χ2v) is 17.8. The summed E-state index contributed by atoms with van der Waals surface area (Å²) in [4.78, 5) is 28.4. The zero-order chi connectivity index (χ0) is 35.5. The van der Waals surface area contributed by atoms with Gasteiger partial charge in [-0.3, -0.25) is 9.59 Å². The molecule has 0 spiro atoms. The van der Waals surface area contributed by atoms with Crippen molar-refractivity contribution in [2.24, 2.45) is 46.3 Å². The van der Waals surface area contributed by atoms with E-state index in [-0.39, 0.29) is 66.2 Å². The van der Waals surface area contributed by atoms with Gasteiger partial charge in [-0.05, 0) is 116 Å². The van der Waals surface area contributed by atoms with E-state index in [2.05, 4.69) is 39.8 Å². The Bertz CT molecular complexity index is 1640. The van der Waals surface area contributed by atoms with E-state index in [9.17, 15) is 35.1 Å². The number of fused-ring (bicyclic) bond motifs is 4. The molecule has 0 aromatic heterocycles. The molecular formula is C41H55NO8. The van der Waals surface area contributed by atoms with Crippen LogP contribution in [0.25, 0.3) is 0 Å². The molecule has 9 heteroatoms. The van der Waals surface area contributed by atoms with Gasteiger partial charge in [-0.25, -0.2) is 0 Å². The number of aliphatic hydroxyl groups is 4. The number of hydrogen-bond acceptors (Lipinski definition) is 8. The van der Waals surface area contributed by atoms with E-state index in [1.807, 2.05) is 6.07 Å². The minimum Gasteiger partial charge on any atom is -0.508 e. The molecular weight excluding hydrogens is 634 g/mol. The summed E-state index contributed by atoms with van der Waals surface area (Å²) >= 11 is 0. The number of carbonyl (C=O) groups is 2. The first kappa shape index (κ1) is 34.5. The number of aromatic hydroxyl groups is 1. The molecule has 0 bridgehead atoms. The van der Waals surface area contributed by atoms with Crippen LogP contribution in [-0.2, 0) is 20.7 Å². The maximum atomic E-state index is 14.0. The lowest BCUT2D eigenvalue weighted by Crippen LogP contribution is -2.66. The average molecular weight is 690 g/mol. The van der Waals surface area contributed by atoms with Gasteiger partial charge in [0.25, 0.3) is 0 Å². The van der Waals surface area contributed by atoms with Crippen LogP contribution in [0.3, 0.4) is 0 Å². The molecule has 5 fully saturated rings. The van der Waals surface area contributed by atoms with E-state index in [1.54, 1.807) is 23.1 Å². The number of rotatable bonds is 7. The second kappa shape index (κ2) is 11.7. The zero-order valence-corrected chi connectivity index (χ0v) is 29.9. The van der Waals surface area contributed by atoms with Crippen LogP contribution >= 0.6 is 0 Å². The number of nitrogens with zero attached hydrogens (tertiary/aromatic N) is 1. The third-order valence-electron chi connectivity index (χ3n) is 15.2. The van der Waals surface area contributed by atoms with Crippen molar-refractivity contribution in [2.45, 2.75) is 128 Å². The number of amides is 1. The van der Waals surface area contributed by atoms with Gasteiger partial charge < -0.3 is 35.2 Å². The molecule has 272 valence electrons. The van der Waals surface area contributed by atoms with Gasteiger partial charge in [0.05, 0.1) is 23.9 Å². The van der Waals surface area contributed by atoms with Gasteiger partial charge in [0.2, 0.25) is 5.91 Å². The Morgan fingerprint density at radius 1 is 1.04 bits per heavy atom. The van der Waals surface area contributed by atoms with E-state index < -0.39 is 40.2 Å². The number of ether oxygens (including phenoxy) is 1. The predicted molar refractivity (Wildman–Crippen MR) is 187 cm³/mol. The van der Waals surface area contributed by atoms with Crippen molar-refractivity contribution in [1.82, 2.24) is 0 Å². The van der Waals surface area contributed by atoms with Crippen LogP contribution in [0.15, 0.2) is 42.0 Å². The quantitative estimate of drug-likeness (QED) is 0.206. The summed E-state index contributed by atoms with van der Waals surface area (Å²) in [5.41, 5.74) is -1.85. The molecule has 1 amide bonds. The fourth-order valence-electron chi connectivity index (χ4n) is 12.2. The summed E-state index contributed by atoms with van der Waals surface area (Å²) in [5, 5.41) is 58.9. The van der Waals surface area contributed by atoms with E-state index >= 15 is 0 Å². The summed E-state index contributed by atoms with van der Waals surface area (Å²) in [6, 6.07) is 5.34. The molecule has 0 radical (unpaired) electrons. The first-order valence-electron chi connectivity index (χ1n) is 19.2. The van der Waals surface area contributed by atoms with Crippen LogP contribution in [0.4, 0.5) is 5.69 Å². The third kappa shape index (κ3) is 4.82. The molecule has 5 aliphatic carbocycles. The molecule has 7 aliphatic rings. The maximum absolute atomic E-state index is 14.0. The van der Waals surface area contributed by atoms with Gasteiger partial charge in [-0.15, -0.1) is 0 Å². The van der Waals surface area contributed by atoms with Gasteiger partial charge in [0.15, 0.2) is 5.78 Å². The molecule has 3 saturated carbocycles. The lowest BCUT2D eigenvalue weighted by Gasteiger charge is -2.63. The van der Waals surface area contributed by atoms with Crippen LogP contribution in [0.5, 0.6) is 5.75 Å². The minimum atomic E-state index is -1.41. The van der Waals surface area contributed by atoms with Crippen molar-refractivity contribution in [3.63, 3.8) is 0 Å². The predicted octanol–water partition coefficient (Wildman–Crippen LogP) is 4.61. The number of phenols is 1. The van der Waals surface area contributed by atoms with Gasteiger partial charge in [-0.2, -0.15) is 0 Å². The highest BCUT2D eigenvalue weighted by Gasteiger charge is 2.75. The summed E-state index contributed by atoms with van der Waals surface area (Å²) in [6.45, 7) is 9.20. The molecule has 9 nitrogen and oxygen atoms in total. The average Bonchev–Trinajstić information content (AvgIpc) is 3.68. The number of anilines is 1. The van der Waals surface area contributed by atoms with Gasteiger partial charge in [0.1, 0.15) is 17.5 Å². The Labute approximate surface area is 295 Å². The summed E-state index contributed by atoms with van der Waals surface area (Å²) in [7, 11) is 0. The Morgan fingerprint density at radius 3 is 2.54 bits per heavy atom. The minimum absolute atomic E-state index is 0.0421. The SMILES string of the molecule is CC(C)C(C)C1OC1C1(O)CC=CC2CC3C(=CC(=O)C4CC(O)C(O)CC43C)C3(O)CCC1C23CCc1cc(O)cc(N2CCCC2=O)c1. The van der Waals surface area contributed by atoms with Crippen LogP contribution in [-0.4, -0.2) is 79.4 Å². The van der Waals surface area contributed by atoms with E-state index in [0.717, 1.165) is 17.6 Å². The topological polar surface area (TPSA) is 151 Å². The van der Waals surface area contributed by atoms with Crippen molar-refractivity contribution in [3.8, 4) is 5.75 Å². The van der Waals surface area contributed by atoms with E-state index in [4.69, 9.17) is 4.74 Å². The summed E-state index contributed by atoms with van der Waals surface area (Å²) in [5.74, 6) is -0.415. The Balaban J connectivity index is 1.23. The number of epoxide rings is 1. The number of ketones is 1. The second-order valence-electron chi connectivity index (χ2n) is 17.8. The largest absolute Gasteiger partial charge is 0.508 e. The zero-order valence-electron chi connectivity index (χ0n) is 29.9. The smallest absolute Gasteiger partial charge is 0.227 e. The molecule has 13 unspecified atom stereocenters. The number of carbonyl (C=O) groups excluding carboxylic acids is 2. The van der Waals surface area contributed by atoms with Crippen molar-refractivity contribution >= 4 is 17.4 Å². The first-order chi connectivity index (χ1) is 23.6. The molecule has 5 N–H and O–H groups in total. The number of phenolic OH excluding ortho intramolecular Hbond substituents is 1. The Kier molecular flexibility index (Phi) is 8.09. The highest BCUT2D eigenvalue weighted by molar-refractivity contribution is 5.96. The Hall–Kier alpha value is -2.56. The number of aliphatic hydroxyl groups excluding tert-OH is 2. The van der Waals surface area contributed by atoms with Crippen LogP contribution in [0.1, 0.15) is 91.0 Å². The number of hydrogen-bond donors (Lipinski definition) is 5. The summed E-state index contributed by atoms with van der Waals surface area (Å²) < 4.78 is 6.38. The van der Waals surface area contributed by atoms with Gasteiger partial charge in [0, 0.05) is 42.0 Å². The lowest BCUT2D eigenvalue weighted by atomic mass is 9.42. The normalized spacial score (nSPS) is 45.5.